The summed E-state index contributed by atoms with van der Waals surface area (Å²) in [5.41, 5.74) is 2.18. The summed E-state index contributed by atoms with van der Waals surface area (Å²) in [6, 6.07) is 14.5. The Kier molecular flexibility index (Phi) is 4.76. The van der Waals surface area contributed by atoms with E-state index >= 15 is 0 Å². The molecule has 0 N–H and O–H groups in total. The van der Waals surface area contributed by atoms with E-state index in [0.717, 1.165) is 11.1 Å². The Morgan fingerprint density at radius 1 is 0.684 bits per heavy atom. The Bertz CT molecular complexity index is 548. The van der Waals surface area contributed by atoms with Crippen molar-refractivity contribution < 1.29 is 13.4 Å². The van der Waals surface area contributed by atoms with Gasteiger partial charge >= 0.3 is 0 Å². The van der Waals surface area contributed by atoms with E-state index < -0.39 is 16.1 Å². The molecule has 2 unspecified atom stereocenters. The van der Waals surface area contributed by atoms with Gasteiger partial charge < -0.3 is 0 Å². The molecule has 5 heteroatoms. The second-order valence-electron chi connectivity index (χ2n) is 4.41. The van der Waals surface area contributed by atoms with Crippen LogP contribution in [0.3, 0.4) is 0 Å². The summed E-state index contributed by atoms with van der Waals surface area (Å²) in [7, 11) is -4.91. The predicted molar refractivity (Wildman–Crippen MR) is 80.7 cm³/mol. The van der Waals surface area contributed by atoms with Crippen molar-refractivity contribution in [3.05, 3.63) is 59.7 Å². The minimum Gasteiger partial charge on any atom is -0.291 e. The van der Waals surface area contributed by atoms with Crippen molar-refractivity contribution in [1.82, 2.24) is 0 Å². The number of benzene rings is 2. The Balaban J connectivity index is 2.08. The van der Waals surface area contributed by atoms with Crippen LogP contribution in [0.4, 0.5) is 0 Å². The highest BCUT2D eigenvalue weighted by Gasteiger charge is 2.10. The van der Waals surface area contributed by atoms with Crippen molar-refractivity contribution in [2.75, 3.05) is 0 Å². The average molecular weight is 294 g/mol. The Labute approximate surface area is 114 Å². The van der Waals surface area contributed by atoms with Crippen LogP contribution in [0.25, 0.3) is 0 Å². The van der Waals surface area contributed by atoms with Crippen LogP contribution in [0, 0.1) is 13.8 Å². The maximum Gasteiger partial charge on any atom is 0.226 e. The minimum atomic E-state index is -2.46. The van der Waals surface area contributed by atoms with E-state index in [1.165, 1.54) is 0 Å². The largest absolute Gasteiger partial charge is 0.291 e. The fourth-order valence-corrected chi connectivity index (χ4v) is 4.08. The van der Waals surface area contributed by atoms with Crippen LogP contribution >= 0.6 is 16.1 Å². The van der Waals surface area contributed by atoms with E-state index in [2.05, 4.69) is 0 Å². The molecule has 19 heavy (non-hydrogen) atoms. The van der Waals surface area contributed by atoms with Crippen LogP contribution in [0.2, 0.25) is 0 Å². The molecule has 0 saturated heterocycles. The quantitative estimate of drug-likeness (QED) is 0.813. The smallest absolute Gasteiger partial charge is 0.226 e. The highest BCUT2D eigenvalue weighted by molar-refractivity contribution is 7.61. The van der Waals surface area contributed by atoms with Crippen LogP contribution < -0.4 is 10.6 Å². The summed E-state index contributed by atoms with van der Waals surface area (Å²) in [5.74, 6) is 0. The van der Waals surface area contributed by atoms with Crippen LogP contribution in [0.5, 0.6) is 0 Å². The van der Waals surface area contributed by atoms with Gasteiger partial charge in [-0.25, -0.2) is 0 Å². The molecule has 0 fully saturated rings. The lowest BCUT2D eigenvalue weighted by molar-refractivity contribution is 0.501. The minimum absolute atomic E-state index is 0.598. The van der Waals surface area contributed by atoms with Gasteiger partial charge in [0.05, 0.1) is 0 Å². The number of hydrogen-bond donors (Lipinski definition) is 0. The molecule has 0 spiro atoms. The first-order valence-electron chi connectivity index (χ1n) is 5.96. The van der Waals surface area contributed by atoms with Gasteiger partial charge in [-0.2, -0.15) is 0 Å². The summed E-state index contributed by atoms with van der Waals surface area (Å²) < 4.78 is 29.2. The van der Waals surface area contributed by atoms with Gasteiger partial charge in [-0.15, -0.1) is 0 Å². The van der Waals surface area contributed by atoms with Crippen LogP contribution in [0.1, 0.15) is 11.1 Å². The van der Waals surface area contributed by atoms with E-state index in [-0.39, 0.29) is 0 Å². The summed E-state index contributed by atoms with van der Waals surface area (Å²) in [6.07, 6.45) is 0. The van der Waals surface area contributed by atoms with E-state index in [0.29, 0.717) is 10.6 Å². The fourth-order valence-electron chi connectivity index (χ4n) is 1.58. The van der Waals surface area contributed by atoms with Crippen LogP contribution in [-0.2, 0) is 13.4 Å². The molecule has 2 atom stereocenters. The van der Waals surface area contributed by atoms with Crippen molar-refractivity contribution in [1.29, 1.82) is 0 Å². The molecule has 3 nitrogen and oxygen atoms in total. The SMILES string of the molecule is Cc1ccc([PH](=O)O[PH](=O)c2ccc(C)cc2)cc1. The zero-order chi connectivity index (χ0) is 13.8. The zero-order valence-electron chi connectivity index (χ0n) is 10.8. The Morgan fingerprint density at radius 3 is 1.32 bits per heavy atom. The van der Waals surface area contributed by atoms with Gasteiger partial charge in [0.1, 0.15) is 0 Å². The fraction of sp³-hybridized carbons (Fsp3) is 0.143. The molecule has 0 bridgehead atoms. The standard InChI is InChI=1S/C14H16O3P2/c1-11-3-7-13(8-4-11)18(15)17-19(16)14-9-5-12(2)6-10-14/h3-10,18-19H,1-2H3. The molecule has 2 aromatic rings. The third-order valence-electron chi connectivity index (χ3n) is 2.76. The highest BCUT2D eigenvalue weighted by Crippen LogP contribution is 2.36. The Hall–Kier alpha value is -1.14. The first kappa shape index (κ1) is 14.3. The topological polar surface area (TPSA) is 43.4 Å². The van der Waals surface area contributed by atoms with Gasteiger partial charge in [-0.05, 0) is 38.1 Å². The van der Waals surface area contributed by atoms with Gasteiger partial charge in [0, 0.05) is 10.6 Å². The molecular weight excluding hydrogens is 278 g/mol. The van der Waals surface area contributed by atoms with Crippen molar-refractivity contribution in [2.24, 2.45) is 0 Å². The van der Waals surface area contributed by atoms with Gasteiger partial charge in [0.15, 0.2) is 0 Å². The molecule has 2 rings (SSSR count). The monoisotopic (exact) mass is 294 g/mol. The van der Waals surface area contributed by atoms with E-state index in [9.17, 15) is 9.13 Å². The van der Waals surface area contributed by atoms with E-state index in [1.807, 2.05) is 38.1 Å². The zero-order valence-corrected chi connectivity index (χ0v) is 12.8. The maximum absolute atomic E-state index is 12.0. The predicted octanol–water partition coefficient (Wildman–Crippen LogP) is 3.22. The highest BCUT2D eigenvalue weighted by atomic mass is 31.2. The average Bonchev–Trinajstić information content (AvgIpc) is 2.40. The van der Waals surface area contributed by atoms with Crippen molar-refractivity contribution in [3.8, 4) is 0 Å². The summed E-state index contributed by atoms with van der Waals surface area (Å²) in [6.45, 7) is 3.91. The van der Waals surface area contributed by atoms with Crippen molar-refractivity contribution in [3.63, 3.8) is 0 Å². The molecule has 0 aliphatic carbocycles. The maximum atomic E-state index is 12.0. The number of aryl methyl sites for hydroxylation is 2. The molecule has 2 aromatic carbocycles. The number of hydrogen-bond acceptors (Lipinski definition) is 3. The van der Waals surface area contributed by atoms with Crippen molar-refractivity contribution >= 4 is 26.7 Å². The molecule has 0 aliphatic heterocycles. The molecular formula is C14H16O3P2. The molecule has 0 heterocycles. The lowest BCUT2D eigenvalue weighted by Gasteiger charge is -2.05. The van der Waals surface area contributed by atoms with Gasteiger partial charge in [-0.3, -0.25) is 13.4 Å². The third kappa shape index (κ3) is 3.91. The van der Waals surface area contributed by atoms with Crippen molar-refractivity contribution in [2.45, 2.75) is 13.8 Å². The van der Waals surface area contributed by atoms with E-state index in [4.69, 9.17) is 4.31 Å². The van der Waals surface area contributed by atoms with Crippen LogP contribution in [0.15, 0.2) is 48.5 Å². The van der Waals surface area contributed by atoms with Gasteiger partial charge in [0.25, 0.3) is 0 Å². The lowest BCUT2D eigenvalue weighted by Crippen LogP contribution is -1.99. The van der Waals surface area contributed by atoms with Gasteiger partial charge in [0.2, 0.25) is 16.1 Å². The third-order valence-corrected chi connectivity index (χ3v) is 5.85. The normalized spacial score (nSPS) is 14.0. The van der Waals surface area contributed by atoms with Crippen LogP contribution in [-0.4, -0.2) is 0 Å². The number of rotatable bonds is 4. The first-order valence-corrected chi connectivity index (χ1v) is 8.59. The van der Waals surface area contributed by atoms with Gasteiger partial charge in [-0.1, -0.05) is 35.4 Å². The Morgan fingerprint density at radius 2 is 1.00 bits per heavy atom. The molecule has 0 aliphatic rings. The molecule has 0 aromatic heterocycles. The second kappa shape index (κ2) is 6.34. The molecule has 100 valence electrons. The molecule has 0 saturated carbocycles. The molecule has 0 amide bonds. The second-order valence-corrected chi connectivity index (χ2v) is 7.53. The molecule has 0 radical (unpaired) electrons. The summed E-state index contributed by atoms with van der Waals surface area (Å²) in [5, 5.41) is 1.20. The summed E-state index contributed by atoms with van der Waals surface area (Å²) >= 11 is 0. The first-order chi connectivity index (χ1) is 9.06. The summed E-state index contributed by atoms with van der Waals surface area (Å²) in [4.78, 5) is 0. The van der Waals surface area contributed by atoms with E-state index in [1.54, 1.807) is 24.3 Å². The lowest BCUT2D eigenvalue weighted by atomic mass is 10.2.